The first-order chi connectivity index (χ1) is 6.76. The maximum absolute atomic E-state index is 8.65. The van der Waals surface area contributed by atoms with E-state index in [1.165, 1.54) is 0 Å². The maximum atomic E-state index is 8.65. The van der Waals surface area contributed by atoms with Crippen molar-refractivity contribution in [3.63, 3.8) is 0 Å². The Morgan fingerprint density at radius 3 is 3.07 bits per heavy atom. The number of hydrogen-bond acceptors (Lipinski definition) is 4. The first kappa shape index (κ1) is 10.6. The molecule has 0 amide bonds. The summed E-state index contributed by atoms with van der Waals surface area (Å²) in [6.45, 7) is 2.30. The van der Waals surface area contributed by atoms with Crippen LogP contribution < -0.4 is 5.73 Å². The number of nitrogens with zero attached hydrogens (tertiary/aromatic N) is 3. The molecule has 0 radical (unpaired) electrons. The van der Waals surface area contributed by atoms with Crippen molar-refractivity contribution >= 4 is 0 Å². The fraction of sp³-hybridized carbons (Fsp3) is 0.400. The number of nitrogens with two attached hydrogens (primary N) is 1. The molecule has 0 saturated carbocycles. The molecule has 0 fully saturated rings. The van der Waals surface area contributed by atoms with Gasteiger partial charge in [-0.15, -0.1) is 0 Å². The molecule has 0 aliphatic rings. The molecule has 0 bridgehead atoms. The lowest BCUT2D eigenvalue weighted by atomic mass is 10.2. The molecule has 14 heavy (non-hydrogen) atoms. The minimum absolute atomic E-state index is 0.462. The van der Waals surface area contributed by atoms with E-state index in [0.717, 1.165) is 18.7 Å². The van der Waals surface area contributed by atoms with Crippen LogP contribution in [0.1, 0.15) is 11.3 Å². The Hall–Kier alpha value is -1.44. The second-order valence-electron chi connectivity index (χ2n) is 3.19. The average Bonchev–Trinajstić information content (AvgIpc) is 2.18. The van der Waals surface area contributed by atoms with Gasteiger partial charge in [0.05, 0.1) is 0 Å². The summed E-state index contributed by atoms with van der Waals surface area (Å²) in [4.78, 5) is 6.01. The molecule has 4 nitrogen and oxygen atoms in total. The smallest absolute Gasteiger partial charge is 0.140 e. The monoisotopic (exact) mass is 190 g/mol. The van der Waals surface area contributed by atoms with Crippen molar-refractivity contribution in [3.05, 3.63) is 29.6 Å². The van der Waals surface area contributed by atoms with Crippen molar-refractivity contribution in [2.75, 3.05) is 20.1 Å². The molecule has 0 aromatic carbocycles. The van der Waals surface area contributed by atoms with E-state index in [-0.39, 0.29) is 0 Å². The van der Waals surface area contributed by atoms with E-state index in [2.05, 4.69) is 9.88 Å². The van der Waals surface area contributed by atoms with E-state index < -0.39 is 0 Å². The predicted molar refractivity (Wildman–Crippen MR) is 54.3 cm³/mol. The highest BCUT2D eigenvalue weighted by Gasteiger charge is 2.00. The van der Waals surface area contributed by atoms with Crippen LogP contribution in [-0.2, 0) is 6.54 Å². The minimum Gasteiger partial charge on any atom is -0.329 e. The largest absolute Gasteiger partial charge is 0.329 e. The molecule has 2 N–H and O–H groups in total. The normalized spacial score (nSPS) is 10.1. The van der Waals surface area contributed by atoms with Gasteiger partial charge in [0.2, 0.25) is 0 Å². The molecule has 74 valence electrons. The van der Waals surface area contributed by atoms with Gasteiger partial charge in [0.15, 0.2) is 0 Å². The van der Waals surface area contributed by atoms with Crippen LogP contribution >= 0.6 is 0 Å². The summed E-state index contributed by atoms with van der Waals surface area (Å²) < 4.78 is 0. The lowest BCUT2D eigenvalue weighted by molar-refractivity contribution is 0.336. The first-order valence-corrected chi connectivity index (χ1v) is 4.50. The lowest BCUT2D eigenvalue weighted by Gasteiger charge is -2.14. The molecule has 4 heteroatoms. The van der Waals surface area contributed by atoms with Crippen molar-refractivity contribution < 1.29 is 0 Å². The van der Waals surface area contributed by atoms with Gasteiger partial charge in [-0.3, -0.25) is 0 Å². The fourth-order valence-electron chi connectivity index (χ4n) is 1.24. The third-order valence-electron chi connectivity index (χ3n) is 1.90. The van der Waals surface area contributed by atoms with Gasteiger partial charge >= 0.3 is 0 Å². The molecule has 0 spiro atoms. The molecule has 1 rings (SSSR count). The van der Waals surface area contributed by atoms with Crippen molar-refractivity contribution in [1.82, 2.24) is 9.88 Å². The molecule has 1 heterocycles. The highest BCUT2D eigenvalue weighted by atomic mass is 15.1. The number of pyridine rings is 1. The van der Waals surface area contributed by atoms with Gasteiger partial charge in [-0.25, -0.2) is 4.98 Å². The number of nitriles is 1. The van der Waals surface area contributed by atoms with Crippen LogP contribution in [-0.4, -0.2) is 30.0 Å². The summed E-state index contributed by atoms with van der Waals surface area (Å²) in [5, 5.41) is 8.65. The zero-order chi connectivity index (χ0) is 10.4. The number of hydrogen-bond donors (Lipinski definition) is 1. The Morgan fingerprint density at radius 2 is 2.43 bits per heavy atom. The van der Waals surface area contributed by atoms with E-state index in [4.69, 9.17) is 11.0 Å². The molecular weight excluding hydrogens is 176 g/mol. The van der Waals surface area contributed by atoms with E-state index in [0.29, 0.717) is 12.2 Å². The minimum atomic E-state index is 0.462. The molecular formula is C10H14N4. The SMILES string of the molecule is CN(CCN)Cc1ccnc(C#N)c1. The molecule has 0 aliphatic heterocycles. The number of rotatable bonds is 4. The predicted octanol–water partition coefficient (Wildman–Crippen LogP) is 0.344. The lowest BCUT2D eigenvalue weighted by Crippen LogP contribution is -2.24. The van der Waals surface area contributed by atoms with Crippen LogP contribution in [0.5, 0.6) is 0 Å². The Morgan fingerprint density at radius 1 is 1.64 bits per heavy atom. The van der Waals surface area contributed by atoms with Crippen LogP contribution in [0, 0.1) is 11.3 Å². The molecule has 1 aromatic heterocycles. The van der Waals surface area contributed by atoms with Gasteiger partial charge in [0.25, 0.3) is 0 Å². The van der Waals surface area contributed by atoms with Crippen LogP contribution in [0.25, 0.3) is 0 Å². The first-order valence-electron chi connectivity index (χ1n) is 4.50. The van der Waals surface area contributed by atoms with Crippen molar-refractivity contribution in [3.8, 4) is 6.07 Å². The second-order valence-corrected chi connectivity index (χ2v) is 3.19. The van der Waals surface area contributed by atoms with E-state index in [1.807, 2.05) is 19.2 Å². The van der Waals surface area contributed by atoms with Crippen molar-refractivity contribution in [2.24, 2.45) is 5.73 Å². The van der Waals surface area contributed by atoms with Crippen LogP contribution in [0.3, 0.4) is 0 Å². The summed E-state index contributed by atoms with van der Waals surface area (Å²) >= 11 is 0. The summed E-state index contributed by atoms with van der Waals surface area (Å²) in [5.74, 6) is 0. The maximum Gasteiger partial charge on any atom is 0.140 e. The van der Waals surface area contributed by atoms with Crippen LogP contribution in [0.15, 0.2) is 18.3 Å². The average molecular weight is 190 g/mol. The summed E-state index contributed by atoms with van der Waals surface area (Å²) in [7, 11) is 2.00. The Balaban J connectivity index is 2.63. The molecule has 0 atom stereocenters. The van der Waals surface area contributed by atoms with E-state index in [9.17, 15) is 0 Å². The number of likely N-dealkylation sites (N-methyl/N-ethyl adjacent to an activating group) is 1. The van der Waals surface area contributed by atoms with Gasteiger partial charge in [-0.2, -0.15) is 5.26 Å². The molecule has 0 unspecified atom stereocenters. The highest BCUT2D eigenvalue weighted by Crippen LogP contribution is 2.03. The summed E-state index contributed by atoms with van der Waals surface area (Å²) in [5.41, 5.74) is 6.98. The van der Waals surface area contributed by atoms with Gasteiger partial charge < -0.3 is 10.6 Å². The third-order valence-corrected chi connectivity index (χ3v) is 1.90. The highest BCUT2D eigenvalue weighted by molar-refractivity contribution is 5.25. The zero-order valence-corrected chi connectivity index (χ0v) is 8.27. The van der Waals surface area contributed by atoms with Gasteiger partial charge in [-0.1, -0.05) is 0 Å². The second kappa shape index (κ2) is 5.32. The third kappa shape index (κ3) is 3.13. The summed E-state index contributed by atoms with van der Waals surface area (Å²) in [6, 6.07) is 5.73. The van der Waals surface area contributed by atoms with E-state index in [1.54, 1.807) is 12.3 Å². The molecule has 1 aromatic rings. The van der Waals surface area contributed by atoms with Crippen LogP contribution in [0.4, 0.5) is 0 Å². The standard InChI is InChI=1S/C10H14N4/c1-14(5-3-11)8-9-2-4-13-10(6-9)7-12/h2,4,6H,3,5,8,11H2,1H3. The topological polar surface area (TPSA) is 65.9 Å². The Labute approximate surface area is 84.0 Å². The Bertz CT molecular complexity index is 329. The summed E-state index contributed by atoms with van der Waals surface area (Å²) in [6.07, 6.45) is 1.66. The van der Waals surface area contributed by atoms with Gasteiger partial charge in [0.1, 0.15) is 11.8 Å². The van der Waals surface area contributed by atoms with Crippen molar-refractivity contribution in [2.45, 2.75) is 6.54 Å². The van der Waals surface area contributed by atoms with Gasteiger partial charge in [0, 0.05) is 25.8 Å². The van der Waals surface area contributed by atoms with E-state index >= 15 is 0 Å². The molecule has 0 aliphatic carbocycles. The molecule has 0 saturated heterocycles. The quantitative estimate of drug-likeness (QED) is 0.743. The fourth-order valence-corrected chi connectivity index (χ4v) is 1.24. The van der Waals surface area contributed by atoms with Crippen molar-refractivity contribution in [1.29, 1.82) is 5.26 Å². The number of aromatic nitrogens is 1. The van der Waals surface area contributed by atoms with Crippen LogP contribution in [0.2, 0.25) is 0 Å². The Kier molecular flexibility index (Phi) is 4.05. The zero-order valence-electron chi connectivity index (χ0n) is 8.27. The van der Waals surface area contributed by atoms with Gasteiger partial charge in [-0.05, 0) is 24.7 Å².